The van der Waals surface area contributed by atoms with E-state index in [-0.39, 0.29) is 11.9 Å². The maximum absolute atomic E-state index is 12.3. The average Bonchev–Trinajstić information content (AvgIpc) is 2.78. The van der Waals surface area contributed by atoms with Crippen molar-refractivity contribution < 1.29 is 9.21 Å². The molecule has 1 aromatic heterocycles. The highest BCUT2D eigenvalue weighted by Gasteiger charge is 2.27. The van der Waals surface area contributed by atoms with Crippen LogP contribution in [0.25, 0.3) is 11.1 Å². The molecule has 1 fully saturated rings. The molecule has 0 saturated carbocycles. The van der Waals surface area contributed by atoms with Crippen molar-refractivity contribution in [1.29, 1.82) is 0 Å². The summed E-state index contributed by atoms with van der Waals surface area (Å²) in [6.07, 6.45) is 2.16. The van der Waals surface area contributed by atoms with Crippen molar-refractivity contribution in [3.05, 3.63) is 28.7 Å². The lowest BCUT2D eigenvalue weighted by Crippen LogP contribution is -2.48. The van der Waals surface area contributed by atoms with Crippen molar-refractivity contribution in [3.8, 4) is 0 Å². The standard InChI is InChI=1S/C14H17N3O3/c1-8-3-2-6-15-12(8)13(18)16-9-4-5-11-10(7-9)17-14(19)20-11/h4-5,7-8,12,15H,2-3,6H2,1H3,(H,16,18)(H,17,19). The van der Waals surface area contributed by atoms with Gasteiger partial charge in [0.05, 0.1) is 11.6 Å². The number of piperidine rings is 1. The number of aromatic amines is 1. The van der Waals surface area contributed by atoms with E-state index in [9.17, 15) is 9.59 Å². The molecule has 20 heavy (non-hydrogen) atoms. The summed E-state index contributed by atoms with van der Waals surface area (Å²) in [7, 11) is 0. The second-order valence-electron chi connectivity index (χ2n) is 5.27. The summed E-state index contributed by atoms with van der Waals surface area (Å²) in [5.74, 6) is -0.213. The van der Waals surface area contributed by atoms with E-state index >= 15 is 0 Å². The Morgan fingerprint density at radius 3 is 3.10 bits per heavy atom. The SMILES string of the molecule is CC1CCCNC1C(=O)Nc1ccc2oc(=O)[nH]c2c1. The van der Waals surface area contributed by atoms with Gasteiger partial charge < -0.3 is 15.1 Å². The summed E-state index contributed by atoms with van der Waals surface area (Å²) in [5, 5.41) is 6.12. The molecule has 0 radical (unpaired) electrons. The Morgan fingerprint density at radius 2 is 2.30 bits per heavy atom. The molecule has 6 nitrogen and oxygen atoms in total. The van der Waals surface area contributed by atoms with Crippen LogP contribution in [-0.4, -0.2) is 23.5 Å². The van der Waals surface area contributed by atoms with E-state index in [1.54, 1.807) is 18.2 Å². The third kappa shape index (κ3) is 2.46. The molecule has 1 aliphatic heterocycles. The van der Waals surface area contributed by atoms with E-state index in [1.165, 1.54) is 0 Å². The number of anilines is 1. The molecular formula is C14H17N3O3. The zero-order valence-electron chi connectivity index (χ0n) is 11.2. The molecule has 0 aliphatic carbocycles. The minimum Gasteiger partial charge on any atom is -0.408 e. The van der Waals surface area contributed by atoms with Gasteiger partial charge in [0.25, 0.3) is 0 Å². The van der Waals surface area contributed by atoms with E-state index in [0.29, 0.717) is 22.7 Å². The number of oxazole rings is 1. The Morgan fingerprint density at radius 1 is 1.45 bits per heavy atom. The summed E-state index contributed by atoms with van der Waals surface area (Å²) in [6, 6.07) is 4.93. The lowest BCUT2D eigenvalue weighted by molar-refractivity contribution is -0.119. The molecule has 106 valence electrons. The maximum Gasteiger partial charge on any atom is 0.417 e. The number of benzene rings is 1. The quantitative estimate of drug-likeness (QED) is 0.774. The number of amides is 1. The van der Waals surface area contributed by atoms with Crippen LogP contribution in [0.5, 0.6) is 0 Å². The minimum atomic E-state index is -0.494. The van der Waals surface area contributed by atoms with E-state index in [0.717, 1.165) is 19.4 Å². The second-order valence-corrected chi connectivity index (χ2v) is 5.27. The number of hydrogen-bond donors (Lipinski definition) is 3. The molecule has 2 aromatic rings. The fraction of sp³-hybridized carbons (Fsp3) is 0.429. The summed E-state index contributed by atoms with van der Waals surface area (Å²) in [4.78, 5) is 25.9. The maximum atomic E-state index is 12.3. The van der Waals surface area contributed by atoms with Crippen LogP contribution >= 0.6 is 0 Å². The number of rotatable bonds is 2. The monoisotopic (exact) mass is 275 g/mol. The van der Waals surface area contributed by atoms with Gasteiger partial charge in [-0.05, 0) is 43.5 Å². The van der Waals surface area contributed by atoms with Crippen molar-refractivity contribution in [2.24, 2.45) is 5.92 Å². The van der Waals surface area contributed by atoms with Gasteiger partial charge in [0, 0.05) is 5.69 Å². The molecule has 0 spiro atoms. The van der Waals surface area contributed by atoms with Crippen LogP contribution in [0.1, 0.15) is 19.8 Å². The summed E-state index contributed by atoms with van der Waals surface area (Å²) < 4.78 is 4.93. The first-order valence-electron chi connectivity index (χ1n) is 6.80. The number of fused-ring (bicyclic) bond motifs is 1. The van der Waals surface area contributed by atoms with Gasteiger partial charge in [0.1, 0.15) is 0 Å². The number of carbonyl (C=O) groups is 1. The van der Waals surface area contributed by atoms with Crippen LogP contribution in [0.3, 0.4) is 0 Å². The first kappa shape index (κ1) is 12.9. The van der Waals surface area contributed by atoms with Gasteiger partial charge in [-0.3, -0.25) is 9.78 Å². The predicted octanol–water partition coefficient (Wildman–Crippen LogP) is 1.45. The van der Waals surface area contributed by atoms with Crippen LogP contribution in [-0.2, 0) is 4.79 Å². The molecule has 1 amide bonds. The van der Waals surface area contributed by atoms with E-state index in [1.807, 2.05) is 0 Å². The van der Waals surface area contributed by atoms with Crippen LogP contribution in [0, 0.1) is 5.92 Å². The lowest BCUT2D eigenvalue weighted by atomic mass is 9.92. The van der Waals surface area contributed by atoms with Gasteiger partial charge in [-0.1, -0.05) is 6.92 Å². The first-order valence-corrected chi connectivity index (χ1v) is 6.80. The third-order valence-corrected chi connectivity index (χ3v) is 3.74. The van der Waals surface area contributed by atoms with Crippen LogP contribution in [0.15, 0.2) is 27.4 Å². The van der Waals surface area contributed by atoms with E-state index < -0.39 is 5.76 Å². The molecule has 0 bridgehead atoms. The summed E-state index contributed by atoms with van der Waals surface area (Å²) in [6.45, 7) is 2.95. The number of nitrogens with one attached hydrogen (secondary N) is 3. The lowest BCUT2D eigenvalue weighted by Gasteiger charge is -2.28. The van der Waals surface area contributed by atoms with Gasteiger partial charge in [0.15, 0.2) is 5.58 Å². The van der Waals surface area contributed by atoms with E-state index in [2.05, 4.69) is 22.5 Å². The first-order chi connectivity index (χ1) is 9.63. The molecule has 1 aliphatic rings. The molecule has 6 heteroatoms. The number of aromatic nitrogens is 1. The van der Waals surface area contributed by atoms with Crippen molar-refractivity contribution in [3.63, 3.8) is 0 Å². The second kappa shape index (κ2) is 5.13. The smallest absolute Gasteiger partial charge is 0.408 e. The Hall–Kier alpha value is -2.08. The van der Waals surface area contributed by atoms with Crippen LogP contribution in [0.4, 0.5) is 5.69 Å². The molecule has 2 unspecified atom stereocenters. The molecule has 1 aromatic carbocycles. The van der Waals surface area contributed by atoms with Gasteiger partial charge in [-0.2, -0.15) is 0 Å². The third-order valence-electron chi connectivity index (χ3n) is 3.74. The Balaban J connectivity index is 1.78. The van der Waals surface area contributed by atoms with Crippen molar-refractivity contribution in [1.82, 2.24) is 10.3 Å². The molecular weight excluding hydrogens is 258 g/mol. The molecule has 1 saturated heterocycles. The van der Waals surface area contributed by atoms with Crippen molar-refractivity contribution >= 4 is 22.7 Å². The summed E-state index contributed by atoms with van der Waals surface area (Å²) in [5.41, 5.74) is 1.72. The van der Waals surface area contributed by atoms with Crippen molar-refractivity contribution in [2.75, 3.05) is 11.9 Å². The highest BCUT2D eigenvalue weighted by molar-refractivity contribution is 5.96. The van der Waals surface area contributed by atoms with Crippen molar-refractivity contribution in [2.45, 2.75) is 25.8 Å². The van der Waals surface area contributed by atoms with Gasteiger partial charge in [0.2, 0.25) is 5.91 Å². The Kier molecular flexibility index (Phi) is 3.31. The van der Waals surface area contributed by atoms with E-state index in [4.69, 9.17) is 4.42 Å². The minimum absolute atomic E-state index is 0.0395. The van der Waals surface area contributed by atoms with Crippen LogP contribution in [0.2, 0.25) is 0 Å². The predicted molar refractivity (Wildman–Crippen MR) is 75.7 cm³/mol. The molecule has 3 rings (SSSR count). The Labute approximate surface area is 115 Å². The normalized spacial score (nSPS) is 22.9. The molecule has 3 N–H and O–H groups in total. The fourth-order valence-electron chi connectivity index (χ4n) is 2.65. The highest BCUT2D eigenvalue weighted by Crippen LogP contribution is 2.19. The number of H-pyrrole nitrogens is 1. The number of hydrogen-bond acceptors (Lipinski definition) is 4. The zero-order valence-corrected chi connectivity index (χ0v) is 11.2. The Bertz CT molecular complexity index is 688. The average molecular weight is 275 g/mol. The largest absolute Gasteiger partial charge is 0.417 e. The van der Waals surface area contributed by atoms with Gasteiger partial charge in [-0.15, -0.1) is 0 Å². The molecule has 2 atom stereocenters. The fourth-order valence-corrected chi connectivity index (χ4v) is 2.65. The highest BCUT2D eigenvalue weighted by atomic mass is 16.4. The molecule has 2 heterocycles. The van der Waals surface area contributed by atoms with Crippen LogP contribution < -0.4 is 16.4 Å². The zero-order chi connectivity index (χ0) is 14.1. The van der Waals surface area contributed by atoms with Gasteiger partial charge >= 0.3 is 5.76 Å². The van der Waals surface area contributed by atoms with Gasteiger partial charge in [-0.25, -0.2) is 4.79 Å². The summed E-state index contributed by atoms with van der Waals surface area (Å²) >= 11 is 0. The topological polar surface area (TPSA) is 87.1 Å². The number of carbonyl (C=O) groups excluding carboxylic acids is 1.